The van der Waals surface area contributed by atoms with Gasteiger partial charge in [0, 0.05) is 37.2 Å². The summed E-state index contributed by atoms with van der Waals surface area (Å²) in [5.74, 6) is 0.795. The molecule has 3 rings (SSSR count). The molecule has 130 valence electrons. The van der Waals surface area contributed by atoms with Crippen LogP contribution in [0.2, 0.25) is 0 Å². The average molecular weight is 347 g/mol. The molecule has 0 unspecified atom stereocenters. The molecule has 0 saturated carbocycles. The van der Waals surface area contributed by atoms with Gasteiger partial charge in [0.2, 0.25) is 5.91 Å². The highest BCUT2D eigenvalue weighted by Crippen LogP contribution is 2.31. The lowest BCUT2D eigenvalue weighted by Gasteiger charge is -2.32. The normalized spacial score (nSPS) is 18.9. The molecule has 6 nitrogen and oxygen atoms in total. The van der Waals surface area contributed by atoms with E-state index >= 15 is 0 Å². The van der Waals surface area contributed by atoms with Gasteiger partial charge in [-0.05, 0) is 19.4 Å². The fourth-order valence-electron chi connectivity index (χ4n) is 3.22. The van der Waals surface area contributed by atoms with Crippen molar-refractivity contribution in [2.45, 2.75) is 52.0 Å². The number of aromatic nitrogens is 3. The molecule has 0 bridgehead atoms. The third kappa shape index (κ3) is 4.02. The number of thiazole rings is 1. The Hall–Kier alpha value is -1.73. The van der Waals surface area contributed by atoms with Gasteiger partial charge in [0.1, 0.15) is 0 Å². The highest BCUT2D eigenvalue weighted by molar-refractivity contribution is 7.09. The number of likely N-dealkylation sites (tertiary alicyclic amines) is 1. The smallest absolute Gasteiger partial charge is 0.221 e. The SMILES string of the molecule is CC(=O)Nc1cn[nH]c1[C@@H]1CCCN(Cc2csc(C(C)C)n2)C1. The van der Waals surface area contributed by atoms with Gasteiger partial charge in [0.25, 0.3) is 0 Å². The van der Waals surface area contributed by atoms with Gasteiger partial charge in [-0.15, -0.1) is 11.3 Å². The van der Waals surface area contributed by atoms with Crippen LogP contribution in [-0.2, 0) is 11.3 Å². The van der Waals surface area contributed by atoms with Gasteiger partial charge >= 0.3 is 0 Å². The maximum atomic E-state index is 11.3. The van der Waals surface area contributed by atoms with Crippen LogP contribution < -0.4 is 5.32 Å². The maximum Gasteiger partial charge on any atom is 0.221 e. The van der Waals surface area contributed by atoms with Gasteiger partial charge in [-0.25, -0.2) is 4.98 Å². The van der Waals surface area contributed by atoms with E-state index in [1.165, 1.54) is 11.9 Å². The Morgan fingerprint density at radius 3 is 3.08 bits per heavy atom. The number of H-pyrrole nitrogens is 1. The predicted octanol–water partition coefficient (Wildman–Crippen LogP) is 3.33. The van der Waals surface area contributed by atoms with Crippen molar-refractivity contribution >= 4 is 22.9 Å². The van der Waals surface area contributed by atoms with E-state index < -0.39 is 0 Å². The third-order valence-corrected chi connectivity index (χ3v) is 5.54. The maximum absolute atomic E-state index is 11.3. The summed E-state index contributed by atoms with van der Waals surface area (Å²) in [5, 5.41) is 13.4. The second-order valence-electron chi connectivity index (χ2n) is 6.78. The molecule has 1 aliphatic rings. The van der Waals surface area contributed by atoms with E-state index in [1.54, 1.807) is 17.5 Å². The van der Waals surface area contributed by atoms with Crippen LogP contribution in [0.5, 0.6) is 0 Å². The van der Waals surface area contributed by atoms with E-state index in [2.05, 4.69) is 39.6 Å². The summed E-state index contributed by atoms with van der Waals surface area (Å²) in [7, 11) is 0. The Labute approximate surface area is 146 Å². The number of carbonyl (C=O) groups is 1. The topological polar surface area (TPSA) is 73.9 Å². The van der Waals surface area contributed by atoms with Crippen LogP contribution in [0.3, 0.4) is 0 Å². The first-order chi connectivity index (χ1) is 11.5. The first-order valence-electron chi connectivity index (χ1n) is 8.50. The molecule has 1 fully saturated rings. The number of carbonyl (C=O) groups excluding carboxylic acids is 1. The van der Waals surface area contributed by atoms with Crippen LogP contribution in [0, 0.1) is 0 Å². The number of hydrogen-bond acceptors (Lipinski definition) is 5. The number of anilines is 1. The number of amides is 1. The van der Waals surface area contributed by atoms with Crippen LogP contribution >= 0.6 is 11.3 Å². The zero-order valence-electron chi connectivity index (χ0n) is 14.5. The molecule has 2 aromatic rings. The molecular formula is C17H25N5OS. The van der Waals surface area contributed by atoms with Gasteiger partial charge < -0.3 is 5.32 Å². The van der Waals surface area contributed by atoms with Crippen molar-refractivity contribution in [3.63, 3.8) is 0 Å². The summed E-state index contributed by atoms with van der Waals surface area (Å²) in [6, 6.07) is 0. The fraction of sp³-hybridized carbons (Fsp3) is 0.588. The Bertz CT molecular complexity index is 693. The van der Waals surface area contributed by atoms with Crippen molar-refractivity contribution in [1.29, 1.82) is 0 Å². The summed E-state index contributed by atoms with van der Waals surface area (Å²) in [6.45, 7) is 8.84. The lowest BCUT2D eigenvalue weighted by molar-refractivity contribution is -0.114. The van der Waals surface area contributed by atoms with Crippen LogP contribution in [-0.4, -0.2) is 39.1 Å². The molecule has 3 heterocycles. The summed E-state index contributed by atoms with van der Waals surface area (Å²) in [6.07, 6.45) is 3.95. The Morgan fingerprint density at radius 2 is 2.38 bits per heavy atom. The zero-order valence-corrected chi connectivity index (χ0v) is 15.3. The van der Waals surface area contributed by atoms with E-state index in [4.69, 9.17) is 4.98 Å². The predicted molar refractivity (Wildman–Crippen MR) is 96.3 cm³/mol. The summed E-state index contributed by atoms with van der Waals surface area (Å²) in [4.78, 5) is 18.5. The number of nitrogens with one attached hydrogen (secondary N) is 2. The highest BCUT2D eigenvalue weighted by Gasteiger charge is 2.25. The van der Waals surface area contributed by atoms with Crippen LogP contribution in [0.4, 0.5) is 5.69 Å². The molecule has 1 saturated heterocycles. The van der Waals surface area contributed by atoms with Crippen LogP contribution in [0.15, 0.2) is 11.6 Å². The number of nitrogens with zero attached hydrogens (tertiary/aromatic N) is 3. The van der Waals surface area contributed by atoms with E-state index in [-0.39, 0.29) is 5.91 Å². The second-order valence-corrected chi connectivity index (χ2v) is 7.67. The minimum atomic E-state index is -0.0611. The van der Waals surface area contributed by atoms with E-state index in [0.29, 0.717) is 11.8 Å². The van der Waals surface area contributed by atoms with Crippen LogP contribution in [0.25, 0.3) is 0 Å². The van der Waals surface area contributed by atoms with Crippen LogP contribution in [0.1, 0.15) is 61.8 Å². The van der Waals surface area contributed by atoms with Crippen molar-refractivity contribution in [3.8, 4) is 0 Å². The molecule has 1 amide bonds. The first kappa shape index (κ1) is 17.1. The van der Waals surface area contributed by atoms with Gasteiger partial charge in [-0.1, -0.05) is 13.8 Å². The Balaban J connectivity index is 1.66. The van der Waals surface area contributed by atoms with Gasteiger partial charge in [-0.3, -0.25) is 14.8 Å². The summed E-state index contributed by atoms with van der Waals surface area (Å²) in [5.41, 5.74) is 3.01. The van der Waals surface area contributed by atoms with Gasteiger partial charge in [-0.2, -0.15) is 5.10 Å². The molecule has 0 aliphatic carbocycles. The number of rotatable bonds is 5. The molecule has 2 N–H and O–H groups in total. The molecule has 0 radical (unpaired) electrons. The van der Waals surface area contributed by atoms with Crippen molar-refractivity contribution in [1.82, 2.24) is 20.1 Å². The van der Waals surface area contributed by atoms with E-state index in [1.807, 2.05) is 0 Å². The molecule has 2 aromatic heterocycles. The van der Waals surface area contributed by atoms with Crippen molar-refractivity contribution in [2.24, 2.45) is 0 Å². The van der Waals surface area contributed by atoms with Crippen molar-refractivity contribution < 1.29 is 4.79 Å². The summed E-state index contributed by atoms with van der Waals surface area (Å²) >= 11 is 1.75. The lowest BCUT2D eigenvalue weighted by atomic mass is 9.94. The van der Waals surface area contributed by atoms with Gasteiger partial charge in [0.05, 0.1) is 28.3 Å². The average Bonchev–Trinajstić information content (AvgIpc) is 3.16. The monoisotopic (exact) mass is 347 g/mol. The van der Waals surface area contributed by atoms with Gasteiger partial charge in [0.15, 0.2) is 0 Å². The van der Waals surface area contributed by atoms with Crippen molar-refractivity contribution in [3.05, 3.63) is 28.0 Å². The first-order valence-corrected chi connectivity index (χ1v) is 9.38. The standard InChI is InChI=1S/C17H25N5OS/c1-11(2)17-20-14(10-24-17)9-22-6-4-5-13(8-22)16-15(7-18-21-16)19-12(3)23/h7,10-11,13H,4-6,8-9H2,1-3H3,(H,18,21)(H,19,23)/t13-/m1/s1. The largest absolute Gasteiger partial charge is 0.323 e. The third-order valence-electron chi connectivity index (χ3n) is 4.34. The minimum Gasteiger partial charge on any atom is -0.323 e. The molecule has 0 aromatic carbocycles. The molecular weight excluding hydrogens is 322 g/mol. The molecule has 1 atom stereocenters. The molecule has 1 aliphatic heterocycles. The fourth-order valence-corrected chi connectivity index (χ4v) is 4.05. The zero-order chi connectivity index (χ0) is 17.1. The molecule has 24 heavy (non-hydrogen) atoms. The summed E-state index contributed by atoms with van der Waals surface area (Å²) < 4.78 is 0. The lowest BCUT2D eigenvalue weighted by Crippen LogP contribution is -2.34. The number of piperidine rings is 1. The number of aromatic amines is 1. The quantitative estimate of drug-likeness (QED) is 0.870. The molecule has 7 heteroatoms. The number of hydrogen-bond donors (Lipinski definition) is 2. The highest BCUT2D eigenvalue weighted by atomic mass is 32.1. The van der Waals surface area contributed by atoms with E-state index in [0.717, 1.165) is 49.6 Å². The minimum absolute atomic E-state index is 0.0611. The Morgan fingerprint density at radius 1 is 1.54 bits per heavy atom. The Kier molecular flexibility index (Phi) is 5.30. The second kappa shape index (κ2) is 7.44. The van der Waals surface area contributed by atoms with E-state index in [9.17, 15) is 4.79 Å². The van der Waals surface area contributed by atoms with Crippen molar-refractivity contribution in [2.75, 3.05) is 18.4 Å². The molecule has 0 spiro atoms.